The van der Waals surface area contributed by atoms with Crippen LogP contribution in [0.3, 0.4) is 0 Å². The second-order valence-corrected chi connectivity index (χ2v) is 13.1. The summed E-state index contributed by atoms with van der Waals surface area (Å²) in [5.41, 5.74) is 0.831. The number of sulfonamides is 1. The van der Waals surface area contributed by atoms with Crippen molar-refractivity contribution in [2.45, 2.75) is 41.5 Å². The smallest absolute Gasteiger partial charge is 0.257 e. The van der Waals surface area contributed by atoms with Crippen LogP contribution in [0.2, 0.25) is 0 Å². The lowest BCUT2D eigenvalue weighted by atomic mass is 10.2. The van der Waals surface area contributed by atoms with Crippen molar-refractivity contribution in [3.05, 3.63) is 18.2 Å². The van der Waals surface area contributed by atoms with Gasteiger partial charge in [0.25, 0.3) is 5.22 Å². The number of oxazole rings is 1. The molecule has 9 nitrogen and oxygen atoms in total. The SMILES string of the molecule is CN(C)S(=O)(=O)c1ccc2oc(SCC(=O)N(C3CC3)C3CCS(=O)(=O)C3)nc2c1. The molecular weight excluding hydrogens is 450 g/mol. The molecule has 2 aromatic rings. The zero-order valence-corrected chi connectivity index (χ0v) is 19.1. The summed E-state index contributed by atoms with van der Waals surface area (Å²) in [6, 6.07) is 4.32. The number of aromatic nitrogens is 1. The van der Waals surface area contributed by atoms with Crippen LogP contribution in [0.25, 0.3) is 11.1 Å². The molecule has 1 aromatic carbocycles. The van der Waals surface area contributed by atoms with Crippen molar-refractivity contribution in [3.63, 3.8) is 0 Å². The maximum Gasteiger partial charge on any atom is 0.257 e. The Labute approximate surface area is 179 Å². The molecule has 1 amide bonds. The van der Waals surface area contributed by atoms with Gasteiger partial charge in [0.2, 0.25) is 15.9 Å². The molecule has 1 unspecified atom stereocenters. The molecule has 2 heterocycles. The Bertz CT molecular complexity index is 1180. The number of carbonyl (C=O) groups excluding carboxylic acids is 1. The highest BCUT2D eigenvalue weighted by molar-refractivity contribution is 7.99. The van der Waals surface area contributed by atoms with E-state index in [4.69, 9.17) is 4.42 Å². The van der Waals surface area contributed by atoms with E-state index in [2.05, 4.69) is 4.98 Å². The van der Waals surface area contributed by atoms with Crippen LogP contribution in [0.4, 0.5) is 0 Å². The highest BCUT2D eigenvalue weighted by Crippen LogP contribution is 2.34. The van der Waals surface area contributed by atoms with E-state index in [0.29, 0.717) is 17.5 Å². The maximum absolute atomic E-state index is 12.8. The summed E-state index contributed by atoms with van der Waals surface area (Å²) in [6.07, 6.45) is 2.29. The van der Waals surface area contributed by atoms with Crippen LogP contribution in [0.15, 0.2) is 32.7 Å². The number of amides is 1. The molecule has 1 aliphatic heterocycles. The minimum absolute atomic E-state index is 0.0337. The number of sulfone groups is 1. The molecule has 1 saturated heterocycles. The molecule has 1 aromatic heterocycles. The number of rotatable bonds is 7. The summed E-state index contributed by atoms with van der Waals surface area (Å²) < 4.78 is 55.0. The van der Waals surface area contributed by atoms with Gasteiger partial charge in [-0.05, 0) is 37.5 Å². The summed E-state index contributed by atoms with van der Waals surface area (Å²) >= 11 is 1.13. The molecule has 0 N–H and O–H groups in total. The third kappa shape index (κ3) is 4.36. The molecule has 30 heavy (non-hydrogen) atoms. The van der Waals surface area contributed by atoms with Crippen LogP contribution >= 0.6 is 11.8 Å². The van der Waals surface area contributed by atoms with Crippen LogP contribution < -0.4 is 0 Å². The van der Waals surface area contributed by atoms with Gasteiger partial charge in [0.05, 0.1) is 22.2 Å². The van der Waals surface area contributed by atoms with E-state index in [0.717, 1.165) is 28.9 Å². The molecule has 2 aliphatic rings. The van der Waals surface area contributed by atoms with Crippen LogP contribution in [-0.4, -0.2) is 80.4 Å². The summed E-state index contributed by atoms with van der Waals surface area (Å²) in [4.78, 5) is 19.0. The van der Waals surface area contributed by atoms with E-state index in [1.807, 2.05) is 0 Å². The second kappa shape index (κ2) is 7.81. The number of fused-ring (bicyclic) bond motifs is 1. The average molecular weight is 474 g/mol. The highest BCUT2D eigenvalue weighted by Gasteiger charge is 2.42. The van der Waals surface area contributed by atoms with E-state index < -0.39 is 19.9 Å². The summed E-state index contributed by atoms with van der Waals surface area (Å²) in [7, 11) is -3.74. The molecule has 1 aliphatic carbocycles. The van der Waals surface area contributed by atoms with Crippen molar-refractivity contribution in [1.82, 2.24) is 14.2 Å². The van der Waals surface area contributed by atoms with Crippen LogP contribution in [-0.2, 0) is 24.7 Å². The fourth-order valence-electron chi connectivity index (χ4n) is 3.57. The Morgan fingerprint density at radius 2 is 1.97 bits per heavy atom. The van der Waals surface area contributed by atoms with Crippen molar-refractivity contribution in [2.24, 2.45) is 0 Å². The molecule has 4 rings (SSSR count). The van der Waals surface area contributed by atoms with Gasteiger partial charge in [-0.3, -0.25) is 4.79 Å². The number of hydrogen-bond acceptors (Lipinski definition) is 8. The Hall–Kier alpha value is -1.63. The van der Waals surface area contributed by atoms with Gasteiger partial charge >= 0.3 is 0 Å². The first-order chi connectivity index (χ1) is 14.1. The van der Waals surface area contributed by atoms with Crippen LogP contribution in [0, 0.1) is 0 Å². The molecule has 0 radical (unpaired) electrons. The molecule has 1 saturated carbocycles. The predicted octanol–water partition coefficient (Wildman–Crippen LogP) is 1.35. The predicted molar refractivity (Wildman–Crippen MR) is 113 cm³/mol. The Morgan fingerprint density at radius 3 is 2.57 bits per heavy atom. The van der Waals surface area contributed by atoms with Crippen molar-refractivity contribution in [1.29, 1.82) is 0 Å². The van der Waals surface area contributed by atoms with Gasteiger partial charge in [-0.2, -0.15) is 0 Å². The van der Waals surface area contributed by atoms with Gasteiger partial charge < -0.3 is 9.32 Å². The van der Waals surface area contributed by atoms with Crippen LogP contribution in [0.5, 0.6) is 0 Å². The third-order valence-electron chi connectivity index (χ3n) is 5.27. The van der Waals surface area contributed by atoms with E-state index in [-0.39, 0.29) is 45.4 Å². The van der Waals surface area contributed by atoms with Gasteiger partial charge in [0.1, 0.15) is 5.52 Å². The average Bonchev–Trinajstić information content (AvgIpc) is 3.30. The molecular formula is C18H23N3O6S3. The molecule has 0 spiro atoms. The van der Waals surface area contributed by atoms with E-state index >= 15 is 0 Å². The lowest BCUT2D eigenvalue weighted by molar-refractivity contribution is -0.130. The van der Waals surface area contributed by atoms with Crippen molar-refractivity contribution in [2.75, 3.05) is 31.4 Å². The van der Waals surface area contributed by atoms with Gasteiger partial charge in [-0.1, -0.05) is 11.8 Å². The Morgan fingerprint density at radius 1 is 1.23 bits per heavy atom. The highest BCUT2D eigenvalue weighted by atomic mass is 32.2. The number of hydrogen-bond donors (Lipinski definition) is 0. The maximum atomic E-state index is 12.8. The minimum atomic E-state index is -3.58. The van der Waals surface area contributed by atoms with Crippen molar-refractivity contribution < 1.29 is 26.0 Å². The first kappa shape index (κ1) is 21.6. The fraction of sp³-hybridized carbons (Fsp3) is 0.556. The summed E-state index contributed by atoms with van der Waals surface area (Å²) in [5.74, 6) is 0.127. The molecule has 0 bridgehead atoms. The number of nitrogens with zero attached hydrogens (tertiary/aromatic N) is 3. The van der Waals surface area contributed by atoms with Gasteiger partial charge in [-0.15, -0.1) is 0 Å². The molecule has 12 heteroatoms. The Balaban J connectivity index is 1.47. The topological polar surface area (TPSA) is 118 Å². The first-order valence-corrected chi connectivity index (χ1v) is 13.8. The van der Waals surface area contributed by atoms with Crippen LogP contribution in [0.1, 0.15) is 19.3 Å². The van der Waals surface area contributed by atoms with E-state index in [9.17, 15) is 21.6 Å². The Kier molecular flexibility index (Phi) is 5.62. The molecule has 1 atom stereocenters. The minimum Gasteiger partial charge on any atom is -0.431 e. The standard InChI is InChI=1S/C18H23N3O6S3/c1-20(2)30(25,26)14-5-6-16-15(9-14)19-18(27-16)28-10-17(22)21(12-3-4-12)13-7-8-29(23,24)11-13/h5-6,9,12-13H,3-4,7-8,10-11H2,1-2H3. The zero-order valence-electron chi connectivity index (χ0n) is 16.6. The lowest BCUT2D eigenvalue weighted by Gasteiger charge is -2.28. The quantitative estimate of drug-likeness (QED) is 0.553. The van der Waals surface area contributed by atoms with E-state index in [1.54, 1.807) is 11.0 Å². The van der Waals surface area contributed by atoms with Gasteiger partial charge in [0.15, 0.2) is 15.4 Å². The molecule has 164 valence electrons. The lowest BCUT2D eigenvalue weighted by Crippen LogP contribution is -2.43. The molecule has 2 fully saturated rings. The van der Waals surface area contributed by atoms with Gasteiger partial charge in [0, 0.05) is 26.2 Å². The van der Waals surface area contributed by atoms with Crippen molar-refractivity contribution >= 4 is 48.6 Å². The number of benzene rings is 1. The zero-order chi connectivity index (χ0) is 21.7. The normalized spacial score (nSPS) is 21.4. The monoisotopic (exact) mass is 473 g/mol. The third-order valence-corrected chi connectivity index (χ3v) is 9.64. The second-order valence-electron chi connectivity index (χ2n) is 7.77. The number of carbonyl (C=O) groups is 1. The summed E-state index contributed by atoms with van der Waals surface area (Å²) in [6.45, 7) is 0. The van der Waals surface area contributed by atoms with Crippen molar-refractivity contribution in [3.8, 4) is 0 Å². The first-order valence-electron chi connectivity index (χ1n) is 9.54. The van der Waals surface area contributed by atoms with E-state index in [1.165, 1.54) is 26.2 Å². The largest absolute Gasteiger partial charge is 0.431 e. The fourth-order valence-corrected chi connectivity index (χ4v) is 6.91. The van der Waals surface area contributed by atoms with Gasteiger partial charge in [-0.25, -0.2) is 26.1 Å². The number of thioether (sulfide) groups is 1. The summed E-state index contributed by atoms with van der Waals surface area (Å²) in [5, 5.41) is 0.271.